The monoisotopic (exact) mass is 212 g/mol. The Morgan fingerprint density at radius 2 is 1.80 bits per heavy atom. The van der Waals surface area contributed by atoms with Gasteiger partial charge in [0.15, 0.2) is 6.29 Å². The Bertz CT molecular complexity index is 375. The summed E-state index contributed by atoms with van der Waals surface area (Å²) in [6.07, 6.45) is -1.71. The highest BCUT2D eigenvalue weighted by Gasteiger charge is 2.18. The molecule has 4 heteroatoms. The maximum absolute atomic E-state index is 12.5. The van der Waals surface area contributed by atoms with Crippen molar-refractivity contribution in [3.63, 3.8) is 0 Å². The van der Waals surface area contributed by atoms with Crippen LogP contribution in [0.15, 0.2) is 18.2 Å². The summed E-state index contributed by atoms with van der Waals surface area (Å²) in [4.78, 5) is 21.3. The van der Waals surface area contributed by atoms with Gasteiger partial charge < -0.3 is 4.79 Å². The summed E-state index contributed by atoms with van der Waals surface area (Å²) in [6, 6.07) is 4.12. The van der Waals surface area contributed by atoms with Crippen molar-refractivity contribution in [1.82, 2.24) is 0 Å². The number of aldehydes is 2. The molecule has 15 heavy (non-hydrogen) atoms. The van der Waals surface area contributed by atoms with E-state index in [0.717, 1.165) is 0 Å². The molecule has 1 aromatic carbocycles. The van der Waals surface area contributed by atoms with Crippen molar-refractivity contribution in [3.05, 3.63) is 34.9 Å². The normalized spacial score (nSPS) is 12.5. The van der Waals surface area contributed by atoms with Crippen LogP contribution in [0.1, 0.15) is 40.8 Å². The lowest BCUT2D eigenvalue weighted by Gasteiger charge is -2.11. The highest BCUT2D eigenvalue weighted by molar-refractivity contribution is 5.82. The van der Waals surface area contributed by atoms with E-state index in [-0.39, 0.29) is 11.1 Å². The smallest absolute Gasteiger partial charge is 0.264 e. The second kappa shape index (κ2) is 4.77. The van der Waals surface area contributed by atoms with E-state index in [1.165, 1.54) is 18.2 Å². The number of rotatable bonds is 4. The Labute approximate surface area is 85.9 Å². The average molecular weight is 212 g/mol. The maximum atomic E-state index is 12.5. The van der Waals surface area contributed by atoms with Gasteiger partial charge in [0.2, 0.25) is 0 Å². The summed E-state index contributed by atoms with van der Waals surface area (Å²) in [6.45, 7) is 1.56. The molecule has 0 saturated carbocycles. The van der Waals surface area contributed by atoms with Crippen LogP contribution in [0, 0.1) is 0 Å². The molecule has 0 amide bonds. The van der Waals surface area contributed by atoms with E-state index in [2.05, 4.69) is 0 Å². The van der Waals surface area contributed by atoms with Crippen molar-refractivity contribution in [3.8, 4) is 0 Å². The van der Waals surface area contributed by atoms with Crippen LogP contribution in [-0.4, -0.2) is 12.6 Å². The minimum atomic E-state index is -2.70. The van der Waals surface area contributed by atoms with Gasteiger partial charge in [-0.1, -0.05) is 25.1 Å². The van der Waals surface area contributed by atoms with Gasteiger partial charge in [-0.25, -0.2) is 8.78 Å². The Balaban J connectivity index is 3.34. The summed E-state index contributed by atoms with van der Waals surface area (Å²) in [5.41, 5.74) is -0.0545. The van der Waals surface area contributed by atoms with E-state index in [1.54, 1.807) is 6.92 Å². The molecule has 0 aliphatic rings. The lowest BCUT2D eigenvalue weighted by atomic mass is 9.94. The van der Waals surface area contributed by atoms with Gasteiger partial charge in [0.1, 0.15) is 6.29 Å². The average Bonchev–Trinajstić information content (AvgIpc) is 2.26. The number of hydrogen-bond donors (Lipinski definition) is 0. The van der Waals surface area contributed by atoms with Crippen molar-refractivity contribution < 1.29 is 18.4 Å². The maximum Gasteiger partial charge on any atom is 0.264 e. The predicted octanol–water partition coefficient (Wildman–Crippen LogP) is 2.74. The van der Waals surface area contributed by atoms with Crippen molar-refractivity contribution in [2.24, 2.45) is 0 Å². The summed E-state index contributed by atoms with van der Waals surface area (Å²) in [5, 5.41) is 0. The van der Waals surface area contributed by atoms with Crippen LogP contribution < -0.4 is 0 Å². The molecule has 1 aromatic rings. The molecule has 0 bridgehead atoms. The first kappa shape index (κ1) is 11.5. The fourth-order valence-corrected chi connectivity index (χ4v) is 1.40. The highest BCUT2D eigenvalue weighted by atomic mass is 19.3. The van der Waals surface area contributed by atoms with E-state index in [4.69, 9.17) is 0 Å². The van der Waals surface area contributed by atoms with Gasteiger partial charge in [-0.3, -0.25) is 4.79 Å². The summed E-state index contributed by atoms with van der Waals surface area (Å²) >= 11 is 0. The molecule has 80 valence electrons. The molecule has 0 spiro atoms. The molecule has 0 aliphatic heterocycles. The summed E-state index contributed by atoms with van der Waals surface area (Å²) in [5.74, 6) is -0.552. The Kier molecular flexibility index (Phi) is 3.66. The van der Waals surface area contributed by atoms with Crippen LogP contribution in [0.5, 0.6) is 0 Å². The second-order valence-electron chi connectivity index (χ2n) is 3.19. The largest absolute Gasteiger partial charge is 0.303 e. The fourth-order valence-electron chi connectivity index (χ4n) is 1.40. The van der Waals surface area contributed by atoms with Gasteiger partial charge in [-0.05, 0) is 5.56 Å². The van der Waals surface area contributed by atoms with Crippen LogP contribution >= 0.6 is 0 Å². The van der Waals surface area contributed by atoms with E-state index < -0.39 is 12.3 Å². The zero-order valence-corrected chi connectivity index (χ0v) is 8.11. The van der Waals surface area contributed by atoms with E-state index in [0.29, 0.717) is 18.1 Å². The van der Waals surface area contributed by atoms with Crippen LogP contribution in [0.25, 0.3) is 0 Å². The number of carbonyl (C=O) groups is 2. The number of alkyl halides is 2. The van der Waals surface area contributed by atoms with Crippen molar-refractivity contribution >= 4 is 12.6 Å². The number of halogens is 2. The molecule has 0 heterocycles. The summed E-state index contributed by atoms with van der Waals surface area (Å²) in [7, 11) is 0. The molecule has 2 nitrogen and oxygen atoms in total. The molecule has 0 radical (unpaired) electrons. The van der Waals surface area contributed by atoms with Gasteiger partial charge in [-0.2, -0.15) is 0 Å². The van der Waals surface area contributed by atoms with E-state index in [9.17, 15) is 18.4 Å². The van der Waals surface area contributed by atoms with Crippen LogP contribution in [-0.2, 0) is 4.79 Å². The first-order valence-corrected chi connectivity index (χ1v) is 4.43. The topological polar surface area (TPSA) is 34.1 Å². The molecule has 0 aliphatic carbocycles. The Morgan fingerprint density at radius 3 is 2.27 bits per heavy atom. The highest BCUT2D eigenvalue weighted by Crippen LogP contribution is 2.27. The number of hydrogen-bond acceptors (Lipinski definition) is 2. The summed E-state index contributed by atoms with van der Waals surface area (Å²) < 4.78 is 25.0. The quantitative estimate of drug-likeness (QED) is 0.719. The van der Waals surface area contributed by atoms with Crippen molar-refractivity contribution in [2.45, 2.75) is 19.3 Å². The van der Waals surface area contributed by atoms with Crippen LogP contribution in [0.3, 0.4) is 0 Å². The number of benzene rings is 1. The minimum Gasteiger partial charge on any atom is -0.303 e. The second-order valence-corrected chi connectivity index (χ2v) is 3.19. The first-order valence-electron chi connectivity index (χ1n) is 4.43. The lowest BCUT2D eigenvalue weighted by Crippen LogP contribution is -2.03. The van der Waals surface area contributed by atoms with Gasteiger partial charge in [0, 0.05) is 17.0 Å². The molecular formula is C11H10F2O2. The lowest BCUT2D eigenvalue weighted by molar-refractivity contribution is -0.108. The molecule has 1 unspecified atom stereocenters. The van der Waals surface area contributed by atoms with Gasteiger partial charge in [-0.15, -0.1) is 0 Å². The third kappa shape index (κ3) is 2.26. The third-order valence-corrected chi connectivity index (χ3v) is 2.22. The predicted molar refractivity (Wildman–Crippen MR) is 51.3 cm³/mol. The van der Waals surface area contributed by atoms with Crippen LogP contribution in [0.2, 0.25) is 0 Å². The molecule has 0 saturated heterocycles. The molecular weight excluding hydrogens is 202 g/mol. The number of carbonyl (C=O) groups excluding carboxylic acids is 2. The van der Waals surface area contributed by atoms with Crippen molar-refractivity contribution in [1.29, 1.82) is 0 Å². The Hall–Kier alpha value is -1.58. The van der Waals surface area contributed by atoms with Gasteiger partial charge in [0.05, 0.1) is 0 Å². The van der Waals surface area contributed by atoms with Gasteiger partial charge >= 0.3 is 0 Å². The molecule has 1 atom stereocenters. The third-order valence-electron chi connectivity index (χ3n) is 2.22. The SMILES string of the molecule is CC(C=O)c1cccc(C(F)F)c1C=O. The molecule has 0 fully saturated rings. The molecule has 0 aromatic heterocycles. The Morgan fingerprint density at radius 1 is 1.20 bits per heavy atom. The fraction of sp³-hybridized carbons (Fsp3) is 0.273. The van der Waals surface area contributed by atoms with E-state index in [1.807, 2.05) is 0 Å². The zero-order chi connectivity index (χ0) is 11.4. The van der Waals surface area contributed by atoms with Crippen LogP contribution in [0.4, 0.5) is 8.78 Å². The van der Waals surface area contributed by atoms with E-state index >= 15 is 0 Å². The first-order chi connectivity index (χ1) is 7.11. The molecule has 1 rings (SSSR count). The zero-order valence-electron chi connectivity index (χ0n) is 8.11. The standard InChI is InChI=1S/C11H10F2O2/c1-7(5-14)8-3-2-4-9(11(12)13)10(8)6-15/h2-7,11H,1H3. The van der Waals surface area contributed by atoms with Gasteiger partial charge in [0.25, 0.3) is 6.43 Å². The molecule has 0 N–H and O–H groups in total. The van der Waals surface area contributed by atoms with Crippen molar-refractivity contribution in [2.75, 3.05) is 0 Å². The minimum absolute atomic E-state index is 0.0768.